The van der Waals surface area contributed by atoms with Gasteiger partial charge in [0.1, 0.15) is 11.7 Å². The molecule has 27 heavy (non-hydrogen) atoms. The third-order valence-electron chi connectivity index (χ3n) is 4.31. The average molecular weight is 386 g/mol. The van der Waals surface area contributed by atoms with Crippen LogP contribution in [0.1, 0.15) is 25.7 Å². The summed E-state index contributed by atoms with van der Waals surface area (Å²) in [5.41, 5.74) is 14.3. The van der Waals surface area contributed by atoms with E-state index in [1.807, 2.05) is 6.07 Å². The summed E-state index contributed by atoms with van der Waals surface area (Å²) >= 11 is 1.29. The molecule has 1 atom stereocenters. The highest BCUT2D eigenvalue weighted by molar-refractivity contribution is 8.03. The lowest BCUT2D eigenvalue weighted by atomic mass is 9.94. The number of hydrogen-bond donors (Lipinski definition) is 4. The van der Waals surface area contributed by atoms with Crippen molar-refractivity contribution in [3.63, 3.8) is 0 Å². The second kappa shape index (κ2) is 8.92. The Hall–Kier alpha value is -2.51. The number of nitrogens with two attached hydrogens (primary N) is 2. The Morgan fingerprint density at radius 2 is 2.19 bits per heavy atom. The van der Waals surface area contributed by atoms with Crippen LogP contribution in [0.25, 0.3) is 0 Å². The Kier molecular flexibility index (Phi) is 6.36. The van der Waals surface area contributed by atoms with Crippen molar-refractivity contribution in [3.05, 3.63) is 71.2 Å². The normalized spacial score (nSPS) is 20.1. The first-order chi connectivity index (χ1) is 13.1. The van der Waals surface area contributed by atoms with E-state index in [0.29, 0.717) is 10.6 Å². The van der Waals surface area contributed by atoms with Crippen LogP contribution >= 0.6 is 11.8 Å². The maximum Gasteiger partial charge on any atom is 0.173 e. The van der Waals surface area contributed by atoms with Crippen LogP contribution in [0.5, 0.6) is 0 Å². The van der Waals surface area contributed by atoms with E-state index in [2.05, 4.69) is 22.2 Å². The summed E-state index contributed by atoms with van der Waals surface area (Å²) in [7, 11) is 0. The van der Waals surface area contributed by atoms with Crippen LogP contribution < -0.4 is 22.1 Å². The lowest BCUT2D eigenvalue weighted by Gasteiger charge is -2.29. The zero-order valence-corrected chi connectivity index (χ0v) is 15.9. The first kappa shape index (κ1) is 19.3. The molecule has 0 amide bonds. The van der Waals surface area contributed by atoms with E-state index in [4.69, 9.17) is 11.5 Å². The Bertz CT molecular complexity index is 841. The standard InChI is InChI=1S/C20H24FN5S/c1-2-5-14(10-11-22)27-18-9-8-13(12-16(18)21)24-19-15-6-3-4-7-17(15)25-20(23)26-19/h2,5,8-12,20,25H,1,3-4,6-7,22-23H2,(H,24,26)/b11-10-,14-5+. The number of anilines is 1. The fourth-order valence-corrected chi connectivity index (χ4v) is 3.98. The van der Waals surface area contributed by atoms with Gasteiger partial charge in [0.25, 0.3) is 0 Å². The largest absolute Gasteiger partial charge is 0.405 e. The van der Waals surface area contributed by atoms with E-state index in [1.165, 1.54) is 24.0 Å². The Morgan fingerprint density at radius 1 is 1.37 bits per heavy atom. The van der Waals surface area contributed by atoms with E-state index in [9.17, 15) is 4.39 Å². The van der Waals surface area contributed by atoms with Crippen molar-refractivity contribution >= 4 is 23.3 Å². The number of halogens is 1. The van der Waals surface area contributed by atoms with Gasteiger partial charge in [-0.05, 0) is 62.2 Å². The van der Waals surface area contributed by atoms with Gasteiger partial charge in [0.15, 0.2) is 6.29 Å². The summed E-state index contributed by atoms with van der Waals surface area (Å²) in [6.07, 6.45) is 10.3. The van der Waals surface area contributed by atoms with Crippen molar-refractivity contribution in [1.29, 1.82) is 0 Å². The van der Waals surface area contributed by atoms with Crippen LogP contribution in [-0.2, 0) is 0 Å². The molecule has 1 aliphatic heterocycles. The summed E-state index contributed by atoms with van der Waals surface area (Å²) in [4.78, 5) is 5.77. The number of hydrogen-bond acceptors (Lipinski definition) is 6. The molecule has 7 heteroatoms. The van der Waals surface area contributed by atoms with Crippen LogP contribution in [0.4, 0.5) is 10.1 Å². The molecule has 0 saturated carbocycles. The summed E-state index contributed by atoms with van der Waals surface area (Å²) in [6, 6.07) is 5.04. The zero-order valence-electron chi connectivity index (χ0n) is 15.0. The molecule has 1 aromatic rings. The summed E-state index contributed by atoms with van der Waals surface area (Å²) in [6.45, 7) is 3.66. The van der Waals surface area contributed by atoms with E-state index in [-0.39, 0.29) is 5.82 Å². The molecular weight excluding hydrogens is 361 g/mol. The van der Waals surface area contributed by atoms with Crippen LogP contribution in [0.15, 0.2) is 75.3 Å². The third-order valence-corrected chi connectivity index (χ3v) is 5.37. The molecule has 5 nitrogen and oxygen atoms in total. The maximum absolute atomic E-state index is 14.6. The zero-order chi connectivity index (χ0) is 19.2. The fraction of sp³-hybridized carbons (Fsp3) is 0.250. The Labute approximate surface area is 163 Å². The highest BCUT2D eigenvalue weighted by atomic mass is 32.2. The molecule has 1 aromatic carbocycles. The number of allylic oxidation sites excluding steroid dienone is 4. The topological polar surface area (TPSA) is 88.5 Å². The van der Waals surface area contributed by atoms with Crippen LogP contribution in [0.2, 0.25) is 0 Å². The highest BCUT2D eigenvalue weighted by Crippen LogP contribution is 2.32. The summed E-state index contributed by atoms with van der Waals surface area (Å²) < 4.78 is 14.6. The predicted octanol–water partition coefficient (Wildman–Crippen LogP) is 3.94. The van der Waals surface area contributed by atoms with Crippen LogP contribution in [-0.4, -0.2) is 12.1 Å². The third kappa shape index (κ3) is 4.81. The minimum absolute atomic E-state index is 0.318. The van der Waals surface area contributed by atoms with Gasteiger partial charge >= 0.3 is 0 Å². The number of thioether (sulfide) groups is 1. The first-order valence-electron chi connectivity index (χ1n) is 8.88. The minimum atomic E-state index is -0.473. The van der Waals surface area contributed by atoms with Gasteiger partial charge in [-0.25, -0.2) is 9.38 Å². The smallest absolute Gasteiger partial charge is 0.173 e. The van der Waals surface area contributed by atoms with Crippen molar-refractivity contribution < 1.29 is 4.39 Å². The van der Waals surface area contributed by atoms with Gasteiger partial charge in [-0.1, -0.05) is 24.4 Å². The molecule has 0 bridgehead atoms. The maximum atomic E-state index is 14.6. The molecule has 1 heterocycles. The van der Waals surface area contributed by atoms with Gasteiger partial charge in [-0.3, -0.25) is 5.73 Å². The summed E-state index contributed by atoms with van der Waals surface area (Å²) in [5, 5.41) is 6.46. The van der Waals surface area contributed by atoms with Crippen LogP contribution in [0.3, 0.4) is 0 Å². The molecule has 0 aromatic heterocycles. The lowest BCUT2D eigenvalue weighted by molar-refractivity contribution is 0.541. The lowest BCUT2D eigenvalue weighted by Crippen LogP contribution is -2.42. The molecule has 3 rings (SSSR count). The molecule has 0 saturated heterocycles. The van der Waals surface area contributed by atoms with Gasteiger partial charge in [0.05, 0.1) is 0 Å². The van der Waals surface area contributed by atoms with Gasteiger partial charge in [0, 0.05) is 26.8 Å². The number of rotatable bonds is 5. The molecule has 142 valence electrons. The quantitative estimate of drug-likeness (QED) is 0.455. The van der Waals surface area contributed by atoms with E-state index < -0.39 is 6.29 Å². The number of nitrogens with zero attached hydrogens (tertiary/aromatic N) is 1. The van der Waals surface area contributed by atoms with Crippen molar-refractivity contribution in [2.24, 2.45) is 16.5 Å². The second-order valence-electron chi connectivity index (χ2n) is 6.27. The van der Waals surface area contributed by atoms with Gasteiger partial charge in [-0.15, -0.1) is 0 Å². The summed E-state index contributed by atoms with van der Waals surface area (Å²) in [5.74, 6) is 0.413. The number of benzene rings is 1. The number of nitrogens with one attached hydrogen (secondary N) is 2. The van der Waals surface area contributed by atoms with Gasteiger partial charge in [-0.2, -0.15) is 0 Å². The molecule has 1 unspecified atom stereocenters. The van der Waals surface area contributed by atoms with E-state index >= 15 is 0 Å². The number of amidine groups is 1. The van der Waals surface area contributed by atoms with E-state index in [0.717, 1.165) is 47.7 Å². The Balaban J connectivity index is 1.79. The molecular formula is C20H24FN5S. The molecule has 0 spiro atoms. The average Bonchev–Trinajstić information content (AvgIpc) is 2.64. The monoisotopic (exact) mass is 385 g/mol. The highest BCUT2D eigenvalue weighted by Gasteiger charge is 2.23. The van der Waals surface area contributed by atoms with Gasteiger partial charge in [0.2, 0.25) is 0 Å². The van der Waals surface area contributed by atoms with Crippen molar-refractivity contribution in [2.75, 3.05) is 5.32 Å². The van der Waals surface area contributed by atoms with Crippen molar-refractivity contribution in [2.45, 2.75) is 36.9 Å². The number of aliphatic imine (C=N–C) groups is 1. The molecule has 2 aliphatic rings. The minimum Gasteiger partial charge on any atom is -0.405 e. The van der Waals surface area contributed by atoms with Crippen molar-refractivity contribution in [3.8, 4) is 0 Å². The first-order valence-corrected chi connectivity index (χ1v) is 9.70. The van der Waals surface area contributed by atoms with Crippen molar-refractivity contribution in [1.82, 2.24) is 5.32 Å². The van der Waals surface area contributed by atoms with Gasteiger partial charge < -0.3 is 16.4 Å². The van der Waals surface area contributed by atoms with E-state index in [1.54, 1.807) is 24.3 Å². The Morgan fingerprint density at radius 3 is 2.93 bits per heavy atom. The fourth-order valence-electron chi connectivity index (χ4n) is 3.12. The van der Waals surface area contributed by atoms with Crippen LogP contribution in [0, 0.1) is 5.82 Å². The SMILES string of the molecule is C=C/C=C(\C=C/N)Sc1ccc(NC2=NC(N)NC3=C2CCCC3)cc1F. The molecule has 1 aliphatic carbocycles. The molecule has 6 N–H and O–H groups in total. The molecule has 0 radical (unpaired) electrons. The molecule has 0 fully saturated rings. The second-order valence-corrected chi connectivity index (χ2v) is 7.38. The predicted molar refractivity (Wildman–Crippen MR) is 112 cm³/mol.